The van der Waals surface area contributed by atoms with Gasteiger partial charge in [-0.2, -0.15) is 0 Å². The fraction of sp³-hybridized carbons (Fsp3) is 0.143. The zero-order valence-corrected chi connectivity index (χ0v) is 10.7. The predicted molar refractivity (Wildman–Crippen MR) is 67.5 cm³/mol. The van der Waals surface area contributed by atoms with Gasteiger partial charge >= 0.3 is 0 Å². The molecule has 2 heterocycles. The zero-order valence-electron chi connectivity index (χ0n) is 10.7. The van der Waals surface area contributed by atoms with E-state index in [2.05, 4.69) is 0 Å². The number of fused-ring (bicyclic) bond motifs is 2. The number of benzene rings is 2. The first kappa shape index (κ1) is 12.0. The second-order valence-corrected chi connectivity index (χ2v) is 4.21. The van der Waals surface area contributed by atoms with E-state index in [1.807, 2.05) is 0 Å². The molecule has 2 aromatic carbocycles. The van der Waals surface area contributed by atoms with Crippen LogP contribution in [-0.4, -0.2) is 13.6 Å². The van der Waals surface area contributed by atoms with Crippen molar-refractivity contribution in [3.8, 4) is 34.5 Å². The van der Waals surface area contributed by atoms with E-state index in [0.29, 0.717) is 34.5 Å². The summed E-state index contributed by atoms with van der Waals surface area (Å²) >= 11 is 0. The molecule has 2 aliphatic heterocycles. The summed E-state index contributed by atoms with van der Waals surface area (Å²) in [5.41, 5.74) is 0. The van der Waals surface area contributed by atoms with Crippen molar-refractivity contribution in [1.29, 1.82) is 0 Å². The number of ether oxygens (including phenoxy) is 4. The van der Waals surface area contributed by atoms with Crippen LogP contribution in [0.2, 0.25) is 0 Å². The van der Waals surface area contributed by atoms with Crippen molar-refractivity contribution in [3.05, 3.63) is 36.4 Å². The highest BCUT2D eigenvalue weighted by atomic mass is 17.5. The fourth-order valence-corrected chi connectivity index (χ4v) is 2.03. The maximum absolute atomic E-state index is 5.28. The number of rotatable bonds is 4. The molecule has 0 bridgehead atoms. The summed E-state index contributed by atoms with van der Waals surface area (Å²) in [6.45, 7) is 0.294. The molecule has 0 amide bonds. The van der Waals surface area contributed by atoms with E-state index in [9.17, 15) is 0 Å². The summed E-state index contributed by atoms with van der Waals surface area (Å²) in [5, 5.41) is 4.79. The Labute approximate surface area is 119 Å². The number of hydrogen-bond donors (Lipinski definition) is 0. The molecule has 4 rings (SSSR count). The van der Waals surface area contributed by atoms with Gasteiger partial charge in [0.15, 0.2) is 11.5 Å². The van der Waals surface area contributed by atoms with Gasteiger partial charge in [0.05, 0.1) is 0 Å². The lowest BCUT2D eigenvalue weighted by Crippen LogP contribution is -2.03. The van der Waals surface area contributed by atoms with Crippen LogP contribution in [0.25, 0.3) is 0 Å². The lowest BCUT2D eigenvalue weighted by molar-refractivity contribution is -0.411. The van der Waals surface area contributed by atoms with Crippen molar-refractivity contribution in [3.63, 3.8) is 0 Å². The van der Waals surface area contributed by atoms with Crippen LogP contribution in [0.15, 0.2) is 36.4 Å². The zero-order chi connectivity index (χ0) is 14.1. The lowest BCUT2D eigenvalue weighted by atomic mass is 10.3. The molecule has 0 atom stereocenters. The molecular formula is C14H10O7. The van der Waals surface area contributed by atoms with Gasteiger partial charge in [0, 0.05) is 5.04 Å². The Kier molecular flexibility index (Phi) is 2.82. The summed E-state index contributed by atoms with van der Waals surface area (Å²) in [6.07, 6.45) is 0. The van der Waals surface area contributed by atoms with Crippen LogP contribution in [0.1, 0.15) is 0 Å². The molecule has 0 spiro atoms. The minimum Gasteiger partial charge on any atom is -0.453 e. The van der Waals surface area contributed by atoms with Crippen LogP contribution in [-0.2, 0) is 5.04 Å². The Hall–Kier alpha value is -2.80. The van der Waals surface area contributed by atoms with Crippen molar-refractivity contribution in [2.24, 2.45) is 0 Å². The van der Waals surface area contributed by atoms with Crippen molar-refractivity contribution >= 4 is 0 Å². The number of para-hydroxylation sites is 2. The van der Waals surface area contributed by atoms with Crippen LogP contribution >= 0.6 is 0 Å². The van der Waals surface area contributed by atoms with Crippen LogP contribution in [0.4, 0.5) is 0 Å². The van der Waals surface area contributed by atoms with Crippen LogP contribution in [0.3, 0.4) is 0 Å². The van der Waals surface area contributed by atoms with E-state index in [0.717, 1.165) is 0 Å². The molecule has 0 saturated heterocycles. The Morgan fingerprint density at radius 1 is 0.667 bits per heavy atom. The SMILES string of the molecule is c1cc2c(c(OOOc3cccc4c3OCO4)c1)OCO2. The molecule has 0 aromatic heterocycles. The van der Waals surface area contributed by atoms with E-state index < -0.39 is 0 Å². The third-order valence-corrected chi connectivity index (χ3v) is 2.97. The molecule has 21 heavy (non-hydrogen) atoms. The number of hydrogen-bond acceptors (Lipinski definition) is 7. The maximum Gasteiger partial charge on any atom is 0.231 e. The van der Waals surface area contributed by atoms with Gasteiger partial charge in [0.2, 0.25) is 36.6 Å². The van der Waals surface area contributed by atoms with Gasteiger partial charge < -0.3 is 18.9 Å². The summed E-state index contributed by atoms with van der Waals surface area (Å²) in [5.74, 6) is 2.84. The monoisotopic (exact) mass is 290 g/mol. The highest BCUT2D eigenvalue weighted by molar-refractivity contribution is 5.53. The maximum atomic E-state index is 5.28. The van der Waals surface area contributed by atoms with Crippen LogP contribution in [0.5, 0.6) is 34.5 Å². The van der Waals surface area contributed by atoms with Gasteiger partial charge in [0.1, 0.15) is 0 Å². The topological polar surface area (TPSA) is 64.6 Å². The summed E-state index contributed by atoms with van der Waals surface area (Å²) in [7, 11) is 0. The molecule has 0 fully saturated rings. The molecule has 2 aliphatic rings. The van der Waals surface area contributed by atoms with E-state index >= 15 is 0 Å². The Morgan fingerprint density at radius 2 is 1.19 bits per heavy atom. The predicted octanol–water partition coefficient (Wildman–Crippen LogP) is 2.45. The highest BCUT2D eigenvalue weighted by Gasteiger charge is 2.21. The van der Waals surface area contributed by atoms with Gasteiger partial charge in [-0.3, -0.25) is 9.78 Å². The van der Waals surface area contributed by atoms with Gasteiger partial charge in [-0.1, -0.05) is 12.1 Å². The van der Waals surface area contributed by atoms with Gasteiger partial charge in [-0.25, -0.2) is 0 Å². The minimum atomic E-state index is 0.147. The Morgan fingerprint density at radius 3 is 1.71 bits per heavy atom. The second-order valence-electron chi connectivity index (χ2n) is 4.21. The third kappa shape index (κ3) is 2.13. The molecule has 108 valence electrons. The van der Waals surface area contributed by atoms with E-state index in [1.54, 1.807) is 36.4 Å². The minimum absolute atomic E-state index is 0.147. The molecule has 7 nitrogen and oxygen atoms in total. The average Bonchev–Trinajstić information content (AvgIpc) is 3.16. The smallest absolute Gasteiger partial charge is 0.231 e. The standard InChI is InChI=1S/C14H10O7/c1-3-9-13(17-7-15-9)11(5-1)19-21-20-12-6-2-4-10-14(12)18-8-16-10/h1-6H,7-8H2. The molecular weight excluding hydrogens is 280 g/mol. The quantitative estimate of drug-likeness (QED) is 0.633. The van der Waals surface area contributed by atoms with Gasteiger partial charge in [0.25, 0.3) is 0 Å². The van der Waals surface area contributed by atoms with Crippen molar-refractivity contribution in [1.82, 2.24) is 0 Å². The van der Waals surface area contributed by atoms with Gasteiger partial charge in [-0.15, -0.1) is 0 Å². The van der Waals surface area contributed by atoms with Crippen molar-refractivity contribution in [2.75, 3.05) is 13.6 Å². The van der Waals surface area contributed by atoms with Crippen molar-refractivity contribution in [2.45, 2.75) is 0 Å². The first-order chi connectivity index (χ1) is 10.4. The van der Waals surface area contributed by atoms with E-state index in [1.165, 1.54) is 0 Å². The first-order valence-electron chi connectivity index (χ1n) is 6.20. The normalized spacial score (nSPS) is 14.1. The molecule has 0 saturated carbocycles. The lowest BCUT2D eigenvalue weighted by Gasteiger charge is -2.07. The molecule has 0 aliphatic carbocycles. The highest BCUT2D eigenvalue weighted by Crippen LogP contribution is 2.42. The largest absolute Gasteiger partial charge is 0.453 e. The van der Waals surface area contributed by atoms with Gasteiger partial charge in [-0.05, 0) is 24.3 Å². The summed E-state index contributed by atoms with van der Waals surface area (Å²) in [6, 6.07) is 10.4. The fourth-order valence-electron chi connectivity index (χ4n) is 2.03. The van der Waals surface area contributed by atoms with Crippen molar-refractivity contribution < 1.29 is 33.8 Å². The molecule has 0 unspecified atom stereocenters. The second kappa shape index (κ2) is 4.95. The van der Waals surface area contributed by atoms with E-state index in [4.69, 9.17) is 33.8 Å². The molecule has 2 aromatic rings. The molecule has 0 radical (unpaired) electrons. The average molecular weight is 290 g/mol. The van der Waals surface area contributed by atoms with Crippen LogP contribution < -0.4 is 28.7 Å². The Balaban J connectivity index is 1.45. The van der Waals surface area contributed by atoms with Crippen LogP contribution in [0, 0.1) is 0 Å². The summed E-state index contributed by atoms with van der Waals surface area (Å²) < 4.78 is 21.0. The van der Waals surface area contributed by atoms with E-state index in [-0.39, 0.29) is 13.6 Å². The third-order valence-electron chi connectivity index (χ3n) is 2.97. The molecule has 0 N–H and O–H groups in total. The molecule has 7 heteroatoms. The Bertz CT molecular complexity index is 613. The summed E-state index contributed by atoms with van der Waals surface area (Å²) in [4.78, 5) is 10.2. The first-order valence-corrected chi connectivity index (χ1v) is 6.20.